The molecule has 3 aromatic rings. The lowest BCUT2D eigenvalue weighted by atomic mass is 10.1. The Kier molecular flexibility index (Phi) is 6.61. The van der Waals surface area contributed by atoms with Gasteiger partial charge in [0.25, 0.3) is 5.91 Å². The van der Waals surface area contributed by atoms with Gasteiger partial charge in [-0.3, -0.25) is 4.79 Å². The van der Waals surface area contributed by atoms with Crippen LogP contribution in [0.15, 0.2) is 42.5 Å². The lowest BCUT2D eigenvalue weighted by Crippen LogP contribution is -2.35. The Morgan fingerprint density at radius 3 is 2.30 bits per heavy atom. The minimum atomic E-state index is -0.283. The highest BCUT2D eigenvalue weighted by Crippen LogP contribution is 2.31. The van der Waals surface area contributed by atoms with Crippen LogP contribution in [0.4, 0.5) is 0 Å². The molecule has 0 radical (unpaired) electrons. The van der Waals surface area contributed by atoms with Crippen molar-refractivity contribution in [3.8, 4) is 17.1 Å². The van der Waals surface area contributed by atoms with Gasteiger partial charge in [-0.25, -0.2) is 9.67 Å². The Labute approximate surface area is 190 Å². The summed E-state index contributed by atoms with van der Waals surface area (Å²) in [5.41, 5.74) is 1.31. The molecule has 1 aromatic heterocycles. The molecule has 30 heavy (non-hydrogen) atoms. The van der Waals surface area contributed by atoms with Crippen molar-refractivity contribution in [1.29, 1.82) is 0 Å². The van der Waals surface area contributed by atoms with Gasteiger partial charge in [-0.1, -0.05) is 60.5 Å². The molecule has 0 unspecified atom stereocenters. The highest BCUT2D eigenvalue weighted by molar-refractivity contribution is 6.35. The van der Waals surface area contributed by atoms with Crippen molar-refractivity contribution >= 4 is 40.7 Å². The molecule has 2 aromatic carbocycles. The number of rotatable bonds is 4. The summed E-state index contributed by atoms with van der Waals surface area (Å²) in [6.07, 6.45) is 6.65. The van der Waals surface area contributed by atoms with Crippen LogP contribution in [0.2, 0.25) is 15.1 Å². The SMILES string of the molecule is O=C(NC1CCCCCC1)c1nc(-c2cc(Cl)ccc2Cl)n(-c2ccc(Cl)cc2)n1. The molecule has 0 bridgehead atoms. The first kappa shape index (κ1) is 21.2. The fraction of sp³-hybridized carbons (Fsp3) is 0.318. The predicted octanol–water partition coefficient (Wildman–Crippen LogP) is 6.35. The van der Waals surface area contributed by atoms with E-state index in [2.05, 4.69) is 15.4 Å². The normalized spacial score (nSPS) is 15.0. The van der Waals surface area contributed by atoms with Gasteiger partial charge in [0, 0.05) is 21.7 Å². The lowest BCUT2D eigenvalue weighted by molar-refractivity contribution is 0.0923. The molecule has 0 aliphatic heterocycles. The Bertz CT molecular complexity index is 1040. The minimum Gasteiger partial charge on any atom is -0.347 e. The van der Waals surface area contributed by atoms with Crippen LogP contribution < -0.4 is 5.32 Å². The van der Waals surface area contributed by atoms with E-state index in [4.69, 9.17) is 34.8 Å². The van der Waals surface area contributed by atoms with Gasteiger partial charge < -0.3 is 5.32 Å². The van der Waals surface area contributed by atoms with Gasteiger partial charge in [0.2, 0.25) is 5.82 Å². The van der Waals surface area contributed by atoms with Crippen LogP contribution in [0.25, 0.3) is 17.1 Å². The summed E-state index contributed by atoms with van der Waals surface area (Å²) in [7, 11) is 0. The van der Waals surface area contributed by atoms with E-state index in [1.165, 1.54) is 12.8 Å². The molecular weight excluding hydrogens is 443 g/mol. The van der Waals surface area contributed by atoms with E-state index in [1.54, 1.807) is 35.0 Å². The lowest BCUT2D eigenvalue weighted by Gasteiger charge is -2.14. The van der Waals surface area contributed by atoms with Gasteiger partial charge in [-0.15, -0.1) is 5.10 Å². The molecule has 1 aliphatic carbocycles. The van der Waals surface area contributed by atoms with Crippen LogP contribution in [0, 0.1) is 0 Å². The molecule has 1 heterocycles. The maximum atomic E-state index is 12.9. The van der Waals surface area contributed by atoms with E-state index in [9.17, 15) is 4.79 Å². The van der Waals surface area contributed by atoms with Crippen molar-refractivity contribution in [1.82, 2.24) is 20.1 Å². The maximum absolute atomic E-state index is 12.9. The van der Waals surface area contributed by atoms with Gasteiger partial charge >= 0.3 is 0 Å². The first-order valence-corrected chi connectivity index (χ1v) is 11.1. The molecule has 1 fully saturated rings. The molecule has 5 nitrogen and oxygen atoms in total. The molecule has 1 saturated carbocycles. The first-order chi connectivity index (χ1) is 14.5. The fourth-order valence-corrected chi connectivity index (χ4v) is 4.19. The van der Waals surface area contributed by atoms with Crippen molar-refractivity contribution in [2.24, 2.45) is 0 Å². The van der Waals surface area contributed by atoms with E-state index >= 15 is 0 Å². The Balaban J connectivity index is 1.72. The summed E-state index contributed by atoms with van der Waals surface area (Å²) in [5.74, 6) is 0.255. The van der Waals surface area contributed by atoms with Crippen molar-refractivity contribution in [2.45, 2.75) is 44.6 Å². The van der Waals surface area contributed by atoms with Crippen molar-refractivity contribution < 1.29 is 4.79 Å². The minimum absolute atomic E-state index is 0.0974. The summed E-state index contributed by atoms with van der Waals surface area (Å²) in [6.45, 7) is 0. The number of nitrogens with one attached hydrogen (secondary N) is 1. The second-order valence-electron chi connectivity index (χ2n) is 7.43. The van der Waals surface area contributed by atoms with Gasteiger partial charge in [0.05, 0.1) is 10.7 Å². The first-order valence-electron chi connectivity index (χ1n) is 10.0. The number of nitrogens with zero attached hydrogens (tertiary/aromatic N) is 3. The van der Waals surface area contributed by atoms with E-state index < -0.39 is 0 Å². The zero-order valence-electron chi connectivity index (χ0n) is 16.2. The topological polar surface area (TPSA) is 59.8 Å². The molecule has 0 saturated heterocycles. The molecule has 0 spiro atoms. The second-order valence-corrected chi connectivity index (χ2v) is 8.71. The van der Waals surface area contributed by atoms with Gasteiger partial charge in [0.15, 0.2) is 5.82 Å². The number of amides is 1. The third-order valence-electron chi connectivity index (χ3n) is 5.24. The molecule has 8 heteroatoms. The Morgan fingerprint density at radius 1 is 0.933 bits per heavy atom. The van der Waals surface area contributed by atoms with Crippen LogP contribution in [0.1, 0.15) is 49.1 Å². The molecule has 4 rings (SSSR count). The number of hydrogen-bond donors (Lipinski definition) is 1. The molecule has 1 amide bonds. The van der Waals surface area contributed by atoms with Crippen LogP contribution in [-0.2, 0) is 0 Å². The van der Waals surface area contributed by atoms with E-state index in [-0.39, 0.29) is 17.8 Å². The predicted molar refractivity (Wildman–Crippen MR) is 121 cm³/mol. The highest BCUT2D eigenvalue weighted by Gasteiger charge is 2.23. The molecule has 156 valence electrons. The van der Waals surface area contributed by atoms with E-state index in [1.807, 2.05) is 12.1 Å². The second kappa shape index (κ2) is 9.38. The monoisotopic (exact) mass is 462 g/mol. The number of halogens is 3. The van der Waals surface area contributed by atoms with Gasteiger partial charge in [-0.05, 0) is 55.3 Å². The Morgan fingerprint density at radius 2 is 1.60 bits per heavy atom. The fourth-order valence-electron chi connectivity index (χ4n) is 3.69. The standard InChI is InChI=1S/C22H21Cl3N4O/c23-14-7-10-17(11-8-14)29-21(18-13-15(24)9-12-19(18)25)27-20(28-29)22(30)26-16-5-3-1-2-4-6-16/h7-13,16H,1-6H2,(H,26,30). The highest BCUT2D eigenvalue weighted by atomic mass is 35.5. The molecular formula is C22H21Cl3N4O. The Hall–Kier alpha value is -2.08. The van der Waals surface area contributed by atoms with Crippen LogP contribution in [0.5, 0.6) is 0 Å². The number of carbonyl (C=O) groups is 1. The number of hydrogen-bond acceptors (Lipinski definition) is 3. The van der Waals surface area contributed by atoms with Gasteiger partial charge in [0.1, 0.15) is 0 Å². The van der Waals surface area contributed by atoms with Crippen LogP contribution in [-0.4, -0.2) is 26.7 Å². The average molecular weight is 464 g/mol. The van der Waals surface area contributed by atoms with Crippen molar-refractivity contribution in [3.05, 3.63) is 63.4 Å². The maximum Gasteiger partial charge on any atom is 0.291 e. The summed E-state index contributed by atoms with van der Waals surface area (Å²) >= 11 is 18.6. The molecule has 0 atom stereocenters. The van der Waals surface area contributed by atoms with Crippen molar-refractivity contribution in [2.75, 3.05) is 0 Å². The average Bonchev–Trinajstić information content (AvgIpc) is 3.02. The smallest absolute Gasteiger partial charge is 0.291 e. The molecule has 1 aliphatic rings. The van der Waals surface area contributed by atoms with Crippen LogP contribution >= 0.6 is 34.8 Å². The number of benzene rings is 2. The third-order valence-corrected chi connectivity index (χ3v) is 6.06. The zero-order chi connectivity index (χ0) is 21.1. The molecule has 1 N–H and O–H groups in total. The van der Waals surface area contributed by atoms with E-state index in [0.29, 0.717) is 32.1 Å². The van der Waals surface area contributed by atoms with Crippen molar-refractivity contribution in [3.63, 3.8) is 0 Å². The summed E-state index contributed by atoms with van der Waals surface area (Å²) in [4.78, 5) is 17.5. The number of aromatic nitrogens is 3. The summed E-state index contributed by atoms with van der Waals surface area (Å²) in [6, 6.07) is 12.4. The van der Waals surface area contributed by atoms with E-state index in [0.717, 1.165) is 25.7 Å². The third kappa shape index (κ3) is 4.80. The summed E-state index contributed by atoms with van der Waals surface area (Å²) < 4.78 is 1.59. The van der Waals surface area contributed by atoms with Crippen LogP contribution in [0.3, 0.4) is 0 Å². The number of carbonyl (C=O) groups excluding carboxylic acids is 1. The van der Waals surface area contributed by atoms with Gasteiger partial charge in [-0.2, -0.15) is 0 Å². The largest absolute Gasteiger partial charge is 0.347 e. The quantitative estimate of drug-likeness (QED) is 0.459. The zero-order valence-corrected chi connectivity index (χ0v) is 18.5. The summed E-state index contributed by atoms with van der Waals surface area (Å²) in [5, 5.41) is 9.18.